The fourth-order valence-corrected chi connectivity index (χ4v) is 5.52. The Kier molecular flexibility index (Phi) is 7.38. The number of rotatable bonds is 8. The van der Waals surface area contributed by atoms with E-state index in [0.29, 0.717) is 18.3 Å². The van der Waals surface area contributed by atoms with Crippen LogP contribution in [0, 0.1) is 24.6 Å². The monoisotopic (exact) mass is 611 g/mol. The van der Waals surface area contributed by atoms with Gasteiger partial charge in [0.15, 0.2) is 11.5 Å². The summed E-state index contributed by atoms with van der Waals surface area (Å²) in [6.07, 6.45) is 3.58. The van der Waals surface area contributed by atoms with E-state index >= 15 is 0 Å². The molecule has 2 amide bonds. The second kappa shape index (κ2) is 11.0. The van der Waals surface area contributed by atoms with Crippen molar-refractivity contribution in [3.05, 3.63) is 81.9 Å². The topological polar surface area (TPSA) is 126 Å². The van der Waals surface area contributed by atoms with Crippen molar-refractivity contribution in [2.45, 2.75) is 39.3 Å². The van der Waals surface area contributed by atoms with E-state index in [1.807, 2.05) is 19.9 Å². The van der Waals surface area contributed by atoms with E-state index in [9.17, 15) is 27.9 Å². The molecule has 1 saturated carbocycles. The van der Waals surface area contributed by atoms with E-state index in [0.717, 1.165) is 35.9 Å². The molecule has 2 N–H and O–H groups in total. The number of anilines is 2. The first-order valence-electron chi connectivity index (χ1n) is 13.4. The maximum atomic E-state index is 14.8. The van der Waals surface area contributed by atoms with Crippen LogP contribution in [0.5, 0.6) is 0 Å². The molecule has 4 heterocycles. The molecule has 6 rings (SSSR count). The molecule has 14 heteroatoms. The Morgan fingerprint density at radius 3 is 2.70 bits per heavy atom. The summed E-state index contributed by atoms with van der Waals surface area (Å²) in [5, 5.41) is 16.3. The van der Waals surface area contributed by atoms with Gasteiger partial charge in [-0.05, 0) is 49.4 Å². The minimum Gasteiger partial charge on any atom is -0.390 e. The average molecular weight is 612 g/mol. The number of pyridine rings is 1. The van der Waals surface area contributed by atoms with Gasteiger partial charge < -0.3 is 10.4 Å². The van der Waals surface area contributed by atoms with Crippen molar-refractivity contribution >= 4 is 34.9 Å². The third-order valence-corrected chi connectivity index (χ3v) is 8.11. The Hall–Kier alpha value is -4.36. The lowest BCUT2D eigenvalue weighted by Crippen LogP contribution is -2.29. The van der Waals surface area contributed by atoms with Crippen molar-refractivity contribution in [1.82, 2.24) is 24.7 Å². The summed E-state index contributed by atoms with van der Waals surface area (Å²) in [5.41, 5.74) is -0.158. The van der Waals surface area contributed by atoms with Crippen LogP contribution in [0.15, 0.2) is 43.0 Å². The molecule has 0 spiro atoms. The number of fused-ring (bicyclic) bond motifs is 1. The highest BCUT2D eigenvalue weighted by molar-refractivity contribution is 6.31. The van der Waals surface area contributed by atoms with Gasteiger partial charge in [-0.25, -0.2) is 23.1 Å². The number of benzene rings is 1. The average Bonchev–Trinajstić information content (AvgIpc) is 3.49. The van der Waals surface area contributed by atoms with Gasteiger partial charge in [-0.3, -0.25) is 24.2 Å². The zero-order valence-corrected chi connectivity index (χ0v) is 23.7. The maximum absolute atomic E-state index is 14.8. The smallest absolute Gasteiger partial charge is 0.276 e. The van der Waals surface area contributed by atoms with E-state index < -0.39 is 40.9 Å². The van der Waals surface area contributed by atoms with Gasteiger partial charge in [0.05, 0.1) is 47.1 Å². The van der Waals surface area contributed by atoms with Crippen LogP contribution < -0.4 is 10.2 Å². The Labute approximate surface area is 248 Å². The number of carbonyl (C=O) groups is 2. The fourth-order valence-electron chi connectivity index (χ4n) is 5.36. The van der Waals surface area contributed by atoms with Crippen LogP contribution in [0.1, 0.15) is 58.7 Å². The van der Waals surface area contributed by atoms with Crippen molar-refractivity contribution in [3.63, 3.8) is 0 Å². The van der Waals surface area contributed by atoms with Gasteiger partial charge in [-0.15, -0.1) is 0 Å². The van der Waals surface area contributed by atoms with Crippen LogP contribution >= 0.6 is 11.6 Å². The van der Waals surface area contributed by atoms with Gasteiger partial charge in [0, 0.05) is 36.0 Å². The van der Waals surface area contributed by atoms with Crippen molar-refractivity contribution in [2.24, 2.45) is 11.8 Å². The number of amides is 2. The number of nitrogens with zero attached hydrogens (tertiary/aromatic N) is 6. The number of aryl methyl sites for hydroxylation is 1. The summed E-state index contributed by atoms with van der Waals surface area (Å²) in [4.78, 5) is 40.0. The molecule has 3 atom stereocenters. The van der Waals surface area contributed by atoms with E-state index in [1.54, 1.807) is 22.0 Å². The largest absolute Gasteiger partial charge is 0.390 e. The van der Waals surface area contributed by atoms with Crippen LogP contribution in [0.3, 0.4) is 0 Å². The van der Waals surface area contributed by atoms with Crippen molar-refractivity contribution in [2.75, 3.05) is 16.8 Å². The number of hydrogen-bond acceptors (Lipinski definition) is 7. The Morgan fingerprint density at radius 1 is 1.23 bits per heavy atom. The number of nitrogens with one attached hydrogen (secondary N) is 1. The third kappa shape index (κ3) is 5.23. The first kappa shape index (κ1) is 28.7. The molecule has 2 fully saturated rings. The number of piperidine rings is 1. The van der Waals surface area contributed by atoms with Crippen molar-refractivity contribution < 1.29 is 27.9 Å². The molecule has 1 aromatic carbocycles. The highest BCUT2D eigenvalue weighted by Gasteiger charge is 2.53. The third-order valence-electron chi connectivity index (χ3n) is 7.82. The van der Waals surface area contributed by atoms with Crippen molar-refractivity contribution in [1.29, 1.82) is 0 Å². The predicted molar refractivity (Wildman–Crippen MR) is 150 cm³/mol. The van der Waals surface area contributed by atoms with Crippen LogP contribution in [-0.2, 0) is 11.4 Å². The lowest BCUT2D eigenvalue weighted by atomic mass is 10.0. The van der Waals surface area contributed by atoms with Crippen LogP contribution in [0.4, 0.5) is 24.7 Å². The van der Waals surface area contributed by atoms with Crippen LogP contribution in [0.25, 0.3) is 11.3 Å². The molecular weight excluding hydrogens is 587 g/mol. The Morgan fingerprint density at radius 2 is 2.02 bits per heavy atom. The van der Waals surface area contributed by atoms with Crippen LogP contribution in [0.2, 0.25) is 5.02 Å². The standard InChI is InChI=1S/C29H25ClF3N7O3/c1-13-5-15(7-35-27(13)39-10-16-6-19(16)29(39)43)14(2)40-11-17(8-36-40)37-28(42)25-22(12-41)34-9-21(38-25)23-18(26(32)33)3-4-20(30)24(23)31/h3-5,7-9,11,14,16,19,26,41H,6,10,12H2,1-2H3,(H,37,42)/t14-,16+,19+/m0/s1. The first-order chi connectivity index (χ1) is 20.6. The van der Waals surface area contributed by atoms with Gasteiger partial charge in [-0.1, -0.05) is 17.7 Å². The normalized spacial score (nSPS) is 18.2. The predicted octanol–water partition coefficient (Wildman–Crippen LogP) is 5.11. The molecule has 0 radical (unpaired) electrons. The number of aliphatic hydroxyl groups is 1. The summed E-state index contributed by atoms with van der Waals surface area (Å²) in [5.74, 6) is -0.605. The second-order valence-electron chi connectivity index (χ2n) is 10.6. The molecule has 1 aliphatic carbocycles. The summed E-state index contributed by atoms with van der Waals surface area (Å²) in [6.45, 7) is 3.81. The number of hydrogen-bond donors (Lipinski definition) is 2. The number of aromatic nitrogens is 5. The summed E-state index contributed by atoms with van der Waals surface area (Å²) < 4.78 is 43.7. The molecule has 1 aliphatic heterocycles. The van der Waals surface area contributed by atoms with Gasteiger partial charge in [0.2, 0.25) is 5.91 Å². The lowest BCUT2D eigenvalue weighted by Gasteiger charge is -2.21. The molecule has 3 aromatic heterocycles. The molecule has 0 unspecified atom stereocenters. The maximum Gasteiger partial charge on any atom is 0.276 e. The second-order valence-corrected chi connectivity index (χ2v) is 11.0. The highest BCUT2D eigenvalue weighted by atomic mass is 35.5. The molecule has 43 heavy (non-hydrogen) atoms. The highest BCUT2D eigenvalue weighted by Crippen LogP contribution is 2.47. The van der Waals surface area contributed by atoms with Crippen LogP contribution in [-0.4, -0.2) is 48.2 Å². The summed E-state index contributed by atoms with van der Waals surface area (Å²) in [7, 11) is 0. The van der Waals surface area contributed by atoms with Gasteiger partial charge in [0.25, 0.3) is 12.3 Å². The number of alkyl halides is 2. The molecule has 1 saturated heterocycles. The van der Waals surface area contributed by atoms with Crippen molar-refractivity contribution in [3.8, 4) is 11.3 Å². The number of aliphatic hydroxyl groups excluding tert-OH is 1. The zero-order valence-electron chi connectivity index (χ0n) is 22.9. The minimum absolute atomic E-state index is 0.126. The molecule has 0 bridgehead atoms. The molecule has 2 aliphatic rings. The fraction of sp³-hybridized carbons (Fsp3) is 0.310. The Bertz CT molecular complexity index is 1770. The lowest BCUT2D eigenvalue weighted by molar-refractivity contribution is -0.118. The molecule has 4 aromatic rings. The molecule has 222 valence electrons. The summed E-state index contributed by atoms with van der Waals surface area (Å²) in [6, 6.07) is 3.64. The van der Waals surface area contributed by atoms with Gasteiger partial charge in [0.1, 0.15) is 5.82 Å². The van der Waals surface area contributed by atoms with Gasteiger partial charge >= 0.3 is 0 Å². The van der Waals surface area contributed by atoms with E-state index in [1.165, 1.54) is 6.20 Å². The van der Waals surface area contributed by atoms with E-state index in [-0.39, 0.29) is 40.6 Å². The summed E-state index contributed by atoms with van der Waals surface area (Å²) >= 11 is 5.82. The zero-order chi connectivity index (χ0) is 30.6. The van der Waals surface area contributed by atoms with E-state index in [2.05, 4.69) is 25.4 Å². The molecular formula is C29H25ClF3N7O3. The quantitative estimate of drug-likeness (QED) is 0.284. The number of halogens is 4. The number of carbonyl (C=O) groups excluding carboxylic acids is 2. The Balaban J connectivity index is 1.22. The first-order valence-corrected chi connectivity index (χ1v) is 13.8. The van der Waals surface area contributed by atoms with Gasteiger partial charge in [-0.2, -0.15) is 5.10 Å². The minimum atomic E-state index is -3.05. The molecule has 10 nitrogen and oxygen atoms in total. The SMILES string of the molecule is Cc1cc([C@H](C)n2cc(NC(=O)c3nc(-c4c(C(F)F)ccc(Cl)c4F)cnc3CO)cn2)cnc1N1C[C@H]2C[C@H]2C1=O. The van der Waals surface area contributed by atoms with E-state index in [4.69, 9.17) is 11.6 Å².